The van der Waals surface area contributed by atoms with E-state index in [4.69, 9.17) is 32.4 Å². The number of halogens is 5. The molecule has 0 aliphatic carbocycles. The first-order chi connectivity index (χ1) is 18.1. The van der Waals surface area contributed by atoms with E-state index in [-0.39, 0.29) is 38.0 Å². The lowest BCUT2D eigenvalue weighted by molar-refractivity contribution is -0.152. The van der Waals surface area contributed by atoms with Crippen molar-refractivity contribution in [1.82, 2.24) is 0 Å². The van der Waals surface area contributed by atoms with Crippen LogP contribution in [-0.2, 0) is 11.0 Å². The maximum atomic E-state index is 14.1. The summed E-state index contributed by atoms with van der Waals surface area (Å²) in [5.74, 6) is -1.98. The smallest absolute Gasteiger partial charge is 0.450 e. The normalized spacial score (nSPS) is 11.6. The minimum absolute atomic E-state index is 0.0269. The molecule has 192 valence electrons. The molecule has 0 spiro atoms. The molecule has 0 fully saturated rings. The van der Waals surface area contributed by atoms with Crippen molar-refractivity contribution < 1.29 is 27.1 Å². The zero-order valence-electron chi connectivity index (χ0n) is 19.2. The third-order valence-corrected chi connectivity index (χ3v) is 6.59. The molecule has 0 saturated carbocycles. The minimum Gasteiger partial charge on any atom is -0.484 e. The Kier molecular flexibility index (Phi) is 6.77. The summed E-state index contributed by atoms with van der Waals surface area (Å²) in [5, 5.41) is 4.03. The predicted octanol–water partition coefficient (Wildman–Crippen LogP) is 7.96. The van der Waals surface area contributed by atoms with Crippen LogP contribution in [0.4, 0.5) is 18.9 Å². The van der Waals surface area contributed by atoms with Crippen LogP contribution < -0.4 is 15.5 Å². The quantitative estimate of drug-likeness (QED) is 0.238. The largest absolute Gasteiger partial charge is 0.484 e. The van der Waals surface area contributed by atoms with E-state index in [2.05, 4.69) is 5.32 Å². The monoisotopic (exact) mass is 557 g/mol. The molecule has 0 aliphatic rings. The Morgan fingerprint density at radius 1 is 0.921 bits per heavy atom. The summed E-state index contributed by atoms with van der Waals surface area (Å²) in [6.07, 6.45) is -4.95. The molecule has 1 aromatic heterocycles. The summed E-state index contributed by atoms with van der Waals surface area (Å²) in [4.78, 5) is 25.7. The highest BCUT2D eigenvalue weighted by Gasteiger charge is 2.39. The lowest BCUT2D eigenvalue weighted by atomic mass is 9.96. The molecule has 1 amide bonds. The first-order valence-corrected chi connectivity index (χ1v) is 11.9. The van der Waals surface area contributed by atoms with Gasteiger partial charge in [0.15, 0.2) is 6.61 Å². The number of benzene rings is 4. The van der Waals surface area contributed by atoms with Gasteiger partial charge in [-0.25, -0.2) is 0 Å². The number of ether oxygens (including phenoxy) is 1. The van der Waals surface area contributed by atoms with Crippen molar-refractivity contribution in [2.75, 3.05) is 11.9 Å². The predicted molar refractivity (Wildman–Crippen MR) is 141 cm³/mol. The lowest BCUT2D eigenvalue weighted by Crippen LogP contribution is -2.20. The van der Waals surface area contributed by atoms with Gasteiger partial charge in [-0.2, -0.15) is 13.2 Å². The molecule has 1 N–H and O–H groups in total. The van der Waals surface area contributed by atoms with Gasteiger partial charge in [0.1, 0.15) is 11.3 Å². The molecule has 5 rings (SSSR count). The number of alkyl halides is 3. The van der Waals surface area contributed by atoms with E-state index in [1.165, 1.54) is 18.2 Å². The van der Waals surface area contributed by atoms with Crippen molar-refractivity contribution >= 4 is 56.5 Å². The zero-order valence-corrected chi connectivity index (χ0v) is 20.7. The average molecular weight is 558 g/mol. The maximum absolute atomic E-state index is 14.1. The van der Waals surface area contributed by atoms with Gasteiger partial charge in [-0.15, -0.1) is 0 Å². The number of hydrogen-bond acceptors (Lipinski definition) is 4. The zero-order chi connectivity index (χ0) is 27.0. The van der Waals surface area contributed by atoms with Crippen molar-refractivity contribution in [3.8, 4) is 16.9 Å². The highest BCUT2D eigenvalue weighted by molar-refractivity contribution is 6.44. The molecule has 38 heavy (non-hydrogen) atoms. The Morgan fingerprint density at radius 3 is 2.45 bits per heavy atom. The number of fused-ring (bicyclic) bond motifs is 2. The summed E-state index contributed by atoms with van der Waals surface area (Å²) in [6.45, 7) is -0.487. The second-order valence-electron chi connectivity index (χ2n) is 8.26. The Labute approximate surface area is 223 Å². The maximum Gasteiger partial charge on any atom is 0.450 e. The van der Waals surface area contributed by atoms with Gasteiger partial charge >= 0.3 is 6.18 Å². The summed E-state index contributed by atoms with van der Waals surface area (Å²) in [5.41, 5.74) is -1.36. The molecular formula is C28H16Cl2F3NO4. The lowest BCUT2D eigenvalue weighted by Gasteiger charge is -2.15. The van der Waals surface area contributed by atoms with E-state index in [0.717, 1.165) is 6.07 Å². The second kappa shape index (κ2) is 10.0. The van der Waals surface area contributed by atoms with Crippen LogP contribution in [0.15, 0.2) is 88.1 Å². The van der Waals surface area contributed by atoms with Crippen LogP contribution >= 0.6 is 23.2 Å². The molecular weight excluding hydrogens is 542 g/mol. The fourth-order valence-electron chi connectivity index (χ4n) is 4.09. The van der Waals surface area contributed by atoms with Crippen molar-refractivity contribution in [3.05, 3.63) is 105 Å². The Bertz CT molecular complexity index is 1760. The van der Waals surface area contributed by atoms with E-state index >= 15 is 0 Å². The van der Waals surface area contributed by atoms with Crippen molar-refractivity contribution in [2.24, 2.45) is 0 Å². The molecule has 10 heteroatoms. The average Bonchev–Trinajstić information content (AvgIpc) is 2.89. The van der Waals surface area contributed by atoms with Crippen LogP contribution in [0.3, 0.4) is 0 Å². The van der Waals surface area contributed by atoms with Gasteiger partial charge in [-0.3, -0.25) is 9.59 Å². The molecule has 1 heterocycles. The van der Waals surface area contributed by atoms with Crippen LogP contribution in [0.25, 0.3) is 32.9 Å². The highest BCUT2D eigenvalue weighted by atomic mass is 35.5. The van der Waals surface area contributed by atoms with E-state index in [0.29, 0.717) is 10.8 Å². The van der Waals surface area contributed by atoms with Gasteiger partial charge in [-0.1, -0.05) is 71.7 Å². The van der Waals surface area contributed by atoms with E-state index in [9.17, 15) is 22.8 Å². The Balaban J connectivity index is 1.51. The summed E-state index contributed by atoms with van der Waals surface area (Å²) >= 11 is 12.0. The number of anilines is 1. The van der Waals surface area contributed by atoms with Gasteiger partial charge in [-0.05, 0) is 40.6 Å². The first kappa shape index (κ1) is 25.6. The van der Waals surface area contributed by atoms with E-state index in [1.807, 2.05) is 0 Å². The van der Waals surface area contributed by atoms with Crippen molar-refractivity contribution in [3.63, 3.8) is 0 Å². The molecule has 0 atom stereocenters. The molecule has 0 aliphatic heterocycles. The number of rotatable bonds is 5. The van der Waals surface area contributed by atoms with E-state index in [1.54, 1.807) is 54.6 Å². The Morgan fingerprint density at radius 2 is 1.66 bits per heavy atom. The number of carbonyl (C=O) groups is 1. The number of nitrogens with one attached hydrogen (secondary N) is 1. The molecule has 4 aromatic carbocycles. The molecule has 0 radical (unpaired) electrons. The van der Waals surface area contributed by atoms with Gasteiger partial charge in [0, 0.05) is 6.07 Å². The van der Waals surface area contributed by atoms with Crippen LogP contribution in [0.2, 0.25) is 10.0 Å². The SMILES string of the molecule is O=C(COc1ccc2c(=O)c(-c3cccc4ccccc34)c(C(F)(F)F)oc2c1)Nc1cccc(Cl)c1Cl. The third kappa shape index (κ3) is 4.92. The molecule has 0 unspecified atom stereocenters. The van der Waals surface area contributed by atoms with Crippen molar-refractivity contribution in [2.45, 2.75) is 6.18 Å². The first-order valence-electron chi connectivity index (χ1n) is 11.2. The van der Waals surface area contributed by atoms with Crippen LogP contribution in [0, 0.1) is 0 Å². The van der Waals surface area contributed by atoms with Crippen LogP contribution in [-0.4, -0.2) is 12.5 Å². The minimum atomic E-state index is -4.95. The molecule has 5 nitrogen and oxygen atoms in total. The molecule has 5 aromatic rings. The van der Waals surface area contributed by atoms with Gasteiger partial charge in [0.2, 0.25) is 11.2 Å². The summed E-state index contributed by atoms with van der Waals surface area (Å²) in [7, 11) is 0. The van der Waals surface area contributed by atoms with Crippen molar-refractivity contribution in [1.29, 1.82) is 0 Å². The summed E-state index contributed by atoms with van der Waals surface area (Å²) < 4.78 is 53.1. The van der Waals surface area contributed by atoms with E-state index < -0.39 is 35.4 Å². The molecule has 0 bridgehead atoms. The number of amides is 1. The topological polar surface area (TPSA) is 68.5 Å². The third-order valence-electron chi connectivity index (χ3n) is 5.78. The number of hydrogen-bond donors (Lipinski definition) is 1. The van der Waals surface area contributed by atoms with Crippen LogP contribution in [0.5, 0.6) is 5.75 Å². The van der Waals surface area contributed by atoms with Gasteiger partial charge in [0.25, 0.3) is 5.91 Å². The second-order valence-corrected chi connectivity index (χ2v) is 9.04. The summed E-state index contributed by atoms with van der Waals surface area (Å²) in [6, 6.07) is 20.1. The number of carbonyl (C=O) groups excluding carboxylic acids is 1. The highest BCUT2D eigenvalue weighted by Crippen LogP contribution is 2.40. The Hall–Kier alpha value is -4.01. The van der Waals surface area contributed by atoms with Gasteiger partial charge < -0.3 is 14.5 Å². The fraction of sp³-hybridized carbons (Fsp3) is 0.0714. The van der Waals surface area contributed by atoms with Gasteiger partial charge in [0.05, 0.1) is 26.7 Å². The molecule has 0 saturated heterocycles. The van der Waals surface area contributed by atoms with Crippen LogP contribution in [0.1, 0.15) is 5.76 Å². The fourth-order valence-corrected chi connectivity index (χ4v) is 4.43. The standard InChI is InChI=1S/C28H16Cl2F3NO4/c29-20-9-4-10-21(25(20)30)34-23(35)14-37-16-11-12-19-22(13-16)38-27(28(31,32)33)24(26(19)36)18-8-3-6-15-5-1-2-7-17(15)18/h1-13H,14H2,(H,34,35).